The number of hydrogen-bond donors (Lipinski definition) is 1. The number of aryl methyl sites for hydroxylation is 1. The topological polar surface area (TPSA) is 62.3 Å². The zero-order chi connectivity index (χ0) is 16.7. The Labute approximate surface area is 137 Å². The van der Waals surface area contributed by atoms with Crippen molar-refractivity contribution in [3.63, 3.8) is 0 Å². The number of carbonyl (C=O) groups excluding carboxylic acids is 2. The van der Waals surface area contributed by atoms with E-state index in [2.05, 4.69) is 24.1 Å². The number of anilines is 1. The zero-order valence-electron chi connectivity index (χ0n) is 14.2. The molecular formula is C16H27N3O2S. The molecule has 2 amide bonds. The summed E-state index contributed by atoms with van der Waals surface area (Å²) in [6, 6.07) is 0. The Bertz CT molecular complexity index is 497. The van der Waals surface area contributed by atoms with Gasteiger partial charge in [-0.1, -0.05) is 27.7 Å². The molecule has 22 heavy (non-hydrogen) atoms. The molecule has 0 aliphatic heterocycles. The van der Waals surface area contributed by atoms with Gasteiger partial charge < -0.3 is 10.2 Å². The van der Waals surface area contributed by atoms with E-state index in [9.17, 15) is 9.59 Å². The molecular weight excluding hydrogens is 298 g/mol. The van der Waals surface area contributed by atoms with Crippen molar-refractivity contribution in [1.82, 2.24) is 9.88 Å². The molecule has 0 aromatic carbocycles. The summed E-state index contributed by atoms with van der Waals surface area (Å²) in [7, 11) is 0. The molecule has 1 N–H and O–H groups in total. The number of nitrogens with one attached hydrogen (secondary N) is 1. The Balaban J connectivity index is 2.61. The van der Waals surface area contributed by atoms with Gasteiger partial charge in [0.15, 0.2) is 5.13 Å². The van der Waals surface area contributed by atoms with E-state index in [-0.39, 0.29) is 18.4 Å². The summed E-state index contributed by atoms with van der Waals surface area (Å²) in [5, 5.41) is 5.23. The first-order chi connectivity index (χ1) is 10.3. The van der Waals surface area contributed by atoms with Gasteiger partial charge in [0.05, 0.1) is 12.2 Å². The number of hydrogen-bond acceptors (Lipinski definition) is 4. The fraction of sp³-hybridized carbons (Fsp3) is 0.688. The lowest BCUT2D eigenvalue weighted by Crippen LogP contribution is -2.39. The Morgan fingerprint density at radius 1 is 1.27 bits per heavy atom. The van der Waals surface area contributed by atoms with Crippen LogP contribution in [-0.2, 0) is 9.59 Å². The number of thiazole rings is 1. The van der Waals surface area contributed by atoms with Gasteiger partial charge in [0.2, 0.25) is 11.8 Å². The maximum atomic E-state index is 12.3. The molecule has 0 aliphatic rings. The van der Waals surface area contributed by atoms with Crippen LogP contribution >= 0.6 is 11.3 Å². The fourth-order valence-electron chi connectivity index (χ4n) is 1.93. The molecule has 5 nitrogen and oxygen atoms in total. The van der Waals surface area contributed by atoms with E-state index in [1.165, 1.54) is 11.3 Å². The van der Waals surface area contributed by atoms with E-state index < -0.39 is 0 Å². The average molecular weight is 325 g/mol. The minimum Gasteiger partial charge on any atom is -0.333 e. The molecule has 1 aromatic heterocycles. The first kappa shape index (κ1) is 18.6. The van der Waals surface area contributed by atoms with Crippen molar-refractivity contribution in [2.75, 3.05) is 18.4 Å². The van der Waals surface area contributed by atoms with E-state index in [1.807, 2.05) is 26.2 Å². The van der Waals surface area contributed by atoms with Gasteiger partial charge in [0.1, 0.15) is 0 Å². The minimum absolute atomic E-state index is 0.0427. The lowest BCUT2D eigenvalue weighted by Gasteiger charge is -2.23. The smallest absolute Gasteiger partial charge is 0.245 e. The standard InChI is InChI=1S/C16H27N3O2S/c1-11(2)6-7-19(15(21)8-12(3)4)9-14(20)18-16-17-13(5)10-22-16/h10-12H,6-9H2,1-5H3,(H,17,18,20). The molecule has 0 spiro atoms. The van der Waals surface area contributed by atoms with Gasteiger partial charge in [-0.3, -0.25) is 9.59 Å². The third-order valence-electron chi connectivity index (χ3n) is 3.11. The Kier molecular flexibility index (Phi) is 7.51. The highest BCUT2D eigenvalue weighted by atomic mass is 32.1. The van der Waals surface area contributed by atoms with Gasteiger partial charge in [-0.15, -0.1) is 11.3 Å². The minimum atomic E-state index is -0.185. The highest BCUT2D eigenvalue weighted by Crippen LogP contribution is 2.14. The maximum absolute atomic E-state index is 12.3. The summed E-state index contributed by atoms with van der Waals surface area (Å²) < 4.78 is 0. The molecule has 0 saturated heterocycles. The van der Waals surface area contributed by atoms with Crippen molar-refractivity contribution in [2.24, 2.45) is 11.8 Å². The molecule has 0 bridgehead atoms. The molecule has 124 valence electrons. The fourth-order valence-corrected chi connectivity index (χ4v) is 2.63. The van der Waals surface area contributed by atoms with Crippen molar-refractivity contribution in [2.45, 2.75) is 47.5 Å². The second-order valence-electron chi connectivity index (χ2n) is 6.44. The lowest BCUT2D eigenvalue weighted by molar-refractivity contribution is -0.135. The highest BCUT2D eigenvalue weighted by molar-refractivity contribution is 7.13. The number of rotatable bonds is 8. The van der Waals surface area contributed by atoms with Crippen LogP contribution in [0.2, 0.25) is 0 Å². The quantitative estimate of drug-likeness (QED) is 0.797. The largest absolute Gasteiger partial charge is 0.333 e. The first-order valence-electron chi connectivity index (χ1n) is 7.77. The SMILES string of the molecule is Cc1csc(NC(=O)CN(CCC(C)C)C(=O)CC(C)C)n1. The van der Waals surface area contributed by atoms with Crippen LogP contribution in [0.4, 0.5) is 5.13 Å². The normalized spacial score (nSPS) is 11.0. The maximum Gasteiger partial charge on any atom is 0.245 e. The molecule has 0 unspecified atom stereocenters. The van der Waals surface area contributed by atoms with E-state index in [1.54, 1.807) is 4.90 Å². The third-order valence-corrected chi connectivity index (χ3v) is 3.99. The van der Waals surface area contributed by atoms with Crippen LogP contribution in [0.3, 0.4) is 0 Å². The van der Waals surface area contributed by atoms with Gasteiger partial charge in [-0.25, -0.2) is 4.98 Å². The summed E-state index contributed by atoms with van der Waals surface area (Å²) in [4.78, 5) is 30.3. The Morgan fingerprint density at radius 2 is 1.95 bits per heavy atom. The van der Waals surface area contributed by atoms with E-state index in [0.717, 1.165) is 12.1 Å². The molecule has 0 radical (unpaired) electrons. The molecule has 0 atom stereocenters. The predicted molar refractivity (Wildman–Crippen MR) is 91.0 cm³/mol. The van der Waals surface area contributed by atoms with Gasteiger partial charge >= 0.3 is 0 Å². The van der Waals surface area contributed by atoms with Crippen LogP contribution < -0.4 is 5.32 Å². The molecule has 0 saturated carbocycles. The lowest BCUT2D eigenvalue weighted by atomic mass is 10.1. The summed E-state index contributed by atoms with van der Waals surface area (Å²) in [6.45, 7) is 10.8. The predicted octanol–water partition coefficient (Wildman–Crippen LogP) is 3.31. The number of amides is 2. The van der Waals surface area contributed by atoms with Crippen molar-refractivity contribution in [1.29, 1.82) is 0 Å². The van der Waals surface area contributed by atoms with Crippen molar-refractivity contribution in [3.8, 4) is 0 Å². The van der Waals surface area contributed by atoms with Crippen LogP contribution in [0.1, 0.15) is 46.2 Å². The van der Waals surface area contributed by atoms with E-state index in [4.69, 9.17) is 0 Å². The molecule has 0 fully saturated rings. The monoisotopic (exact) mass is 325 g/mol. The molecule has 0 aliphatic carbocycles. The zero-order valence-corrected chi connectivity index (χ0v) is 15.0. The van der Waals surface area contributed by atoms with E-state index >= 15 is 0 Å². The summed E-state index contributed by atoms with van der Waals surface area (Å²) in [5.41, 5.74) is 0.882. The second kappa shape index (κ2) is 8.88. The highest BCUT2D eigenvalue weighted by Gasteiger charge is 2.19. The van der Waals surface area contributed by atoms with Crippen LogP contribution in [0.15, 0.2) is 5.38 Å². The summed E-state index contributed by atoms with van der Waals surface area (Å²) in [6.07, 6.45) is 1.37. The summed E-state index contributed by atoms with van der Waals surface area (Å²) >= 11 is 1.40. The number of carbonyl (C=O) groups is 2. The molecule has 1 aromatic rings. The first-order valence-corrected chi connectivity index (χ1v) is 8.65. The van der Waals surface area contributed by atoms with Crippen molar-refractivity contribution in [3.05, 3.63) is 11.1 Å². The number of aromatic nitrogens is 1. The Morgan fingerprint density at radius 3 is 2.45 bits per heavy atom. The van der Waals surface area contributed by atoms with Gasteiger partial charge in [-0.05, 0) is 25.2 Å². The number of nitrogens with zero attached hydrogens (tertiary/aromatic N) is 2. The average Bonchev–Trinajstić information content (AvgIpc) is 2.78. The Hall–Kier alpha value is -1.43. The third kappa shape index (κ3) is 7.02. The van der Waals surface area contributed by atoms with Crippen LogP contribution in [0.25, 0.3) is 0 Å². The van der Waals surface area contributed by atoms with Crippen LogP contribution in [0.5, 0.6) is 0 Å². The van der Waals surface area contributed by atoms with Gasteiger partial charge in [0, 0.05) is 18.3 Å². The van der Waals surface area contributed by atoms with Crippen LogP contribution in [-0.4, -0.2) is 34.8 Å². The van der Waals surface area contributed by atoms with E-state index in [0.29, 0.717) is 29.9 Å². The van der Waals surface area contributed by atoms with Crippen molar-refractivity contribution >= 4 is 28.3 Å². The van der Waals surface area contributed by atoms with Crippen molar-refractivity contribution < 1.29 is 9.59 Å². The summed E-state index contributed by atoms with van der Waals surface area (Å²) in [5.74, 6) is 0.647. The molecule has 1 heterocycles. The van der Waals surface area contributed by atoms with Gasteiger partial charge in [0.25, 0.3) is 0 Å². The molecule has 1 rings (SSSR count). The molecule has 6 heteroatoms. The van der Waals surface area contributed by atoms with Gasteiger partial charge in [-0.2, -0.15) is 0 Å². The second-order valence-corrected chi connectivity index (χ2v) is 7.30. The van der Waals surface area contributed by atoms with Crippen LogP contribution in [0, 0.1) is 18.8 Å².